The number of carbonyl (C=O) groups excluding carboxylic acids is 1. The first-order valence-corrected chi connectivity index (χ1v) is 37.7. The van der Waals surface area contributed by atoms with Gasteiger partial charge in [-0.2, -0.15) is 0 Å². The fraction of sp³-hybridized carbons (Fsp3) is 0.907. The molecule has 2 rings (SSSR count). The summed E-state index contributed by atoms with van der Waals surface area (Å²) in [7, 11) is 0. The lowest BCUT2D eigenvalue weighted by Gasteiger charge is -2.46. The first-order chi connectivity index (χ1) is 43.6. The molecule has 1 amide bonds. The molecule has 0 aromatic rings. The van der Waals surface area contributed by atoms with E-state index in [1.165, 1.54) is 276 Å². The quantitative estimate of drug-likeness (QED) is 0.0204. The third-order valence-corrected chi connectivity index (χ3v) is 18.5. The maximum Gasteiger partial charge on any atom is 0.220 e. The molecular weight excluding hydrogens is 1120 g/mol. The fourth-order valence-corrected chi connectivity index (χ4v) is 12.5. The topological polar surface area (TPSA) is 228 Å². The van der Waals surface area contributed by atoms with Crippen molar-refractivity contribution >= 4 is 5.91 Å². The molecule has 2 aliphatic rings. The second-order valence-corrected chi connectivity index (χ2v) is 26.8. The summed E-state index contributed by atoms with van der Waals surface area (Å²) in [6, 6.07) is -0.933. The predicted octanol–water partition coefficient (Wildman–Crippen LogP) is 16.1. The van der Waals surface area contributed by atoms with Gasteiger partial charge in [-0.05, 0) is 57.8 Å². The maximum absolute atomic E-state index is 13.3. The van der Waals surface area contributed by atoms with Crippen molar-refractivity contribution in [3.05, 3.63) is 36.5 Å². The third kappa shape index (κ3) is 43.7. The molecule has 0 radical (unpaired) electrons. The van der Waals surface area contributed by atoms with Crippen LogP contribution in [0.5, 0.6) is 0 Å². The summed E-state index contributed by atoms with van der Waals surface area (Å²) >= 11 is 0. The molecule has 2 heterocycles. The number of hydrogen-bond donors (Lipinski definition) is 9. The van der Waals surface area contributed by atoms with Gasteiger partial charge in [0, 0.05) is 6.42 Å². The Morgan fingerprint density at radius 2 is 0.719 bits per heavy atom. The van der Waals surface area contributed by atoms with Gasteiger partial charge in [0.2, 0.25) is 5.91 Å². The summed E-state index contributed by atoms with van der Waals surface area (Å²) < 4.78 is 22.9. The van der Waals surface area contributed by atoms with Gasteiger partial charge < -0.3 is 65.1 Å². The van der Waals surface area contributed by atoms with Crippen LogP contribution in [0, 0.1) is 0 Å². The van der Waals surface area contributed by atoms with Crippen molar-refractivity contribution in [3.63, 3.8) is 0 Å². The molecule has 0 spiro atoms. The molecule has 2 aliphatic heterocycles. The minimum Gasteiger partial charge on any atom is -0.394 e. The van der Waals surface area contributed by atoms with Gasteiger partial charge in [0.05, 0.1) is 32.0 Å². The van der Waals surface area contributed by atoms with E-state index in [4.69, 9.17) is 18.9 Å². The number of aliphatic hydroxyl groups excluding tert-OH is 8. The maximum atomic E-state index is 13.3. The number of rotatable bonds is 63. The number of hydrogen-bond acceptors (Lipinski definition) is 13. The smallest absolute Gasteiger partial charge is 0.220 e. The largest absolute Gasteiger partial charge is 0.394 e. The Kier molecular flexibility index (Phi) is 56.1. The Labute approximate surface area is 544 Å². The first-order valence-electron chi connectivity index (χ1n) is 37.7. The number of unbranched alkanes of at least 4 members (excludes halogenated alkanes) is 46. The highest BCUT2D eigenvalue weighted by Crippen LogP contribution is 2.30. The molecule has 0 saturated carbocycles. The number of carbonyl (C=O) groups is 1. The highest BCUT2D eigenvalue weighted by molar-refractivity contribution is 5.76. The predicted molar refractivity (Wildman–Crippen MR) is 365 cm³/mol. The van der Waals surface area contributed by atoms with Crippen LogP contribution >= 0.6 is 0 Å². The van der Waals surface area contributed by atoms with Crippen LogP contribution in [-0.2, 0) is 23.7 Å². The van der Waals surface area contributed by atoms with E-state index in [2.05, 4.69) is 43.5 Å². The first kappa shape index (κ1) is 83.3. The Morgan fingerprint density at radius 3 is 1.10 bits per heavy atom. The van der Waals surface area contributed by atoms with E-state index in [-0.39, 0.29) is 18.9 Å². The fourth-order valence-electron chi connectivity index (χ4n) is 12.5. The van der Waals surface area contributed by atoms with Gasteiger partial charge in [0.1, 0.15) is 48.8 Å². The van der Waals surface area contributed by atoms with Crippen molar-refractivity contribution in [3.8, 4) is 0 Å². The van der Waals surface area contributed by atoms with Crippen molar-refractivity contribution < 1.29 is 64.6 Å². The Balaban J connectivity index is 1.66. The van der Waals surface area contributed by atoms with Crippen LogP contribution in [0.4, 0.5) is 0 Å². The number of ether oxygens (including phenoxy) is 4. The van der Waals surface area contributed by atoms with Crippen LogP contribution < -0.4 is 5.32 Å². The molecule has 524 valence electrons. The average molecular weight is 1260 g/mol. The van der Waals surface area contributed by atoms with Crippen LogP contribution in [0.2, 0.25) is 0 Å². The summed E-state index contributed by atoms with van der Waals surface area (Å²) in [4.78, 5) is 13.3. The van der Waals surface area contributed by atoms with E-state index >= 15 is 0 Å². The minimum absolute atomic E-state index is 0.245. The van der Waals surface area contributed by atoms with Crippen LogP contribution in [0.25, 0.3) is 0 Å². The summed E-state index contributed by atoms with van der Waals surface area (Å²) in [6.07, 6.45) is 60.8. The number of amides is 1. The lowest BCUT2D eigenvalue weighted by atomic mass is 9.97. The molecule has 14 heteroatoms. The summed E-state index contributed by atoms with van der Waals surface area (Å²) in [5, 5.41) is 87.5. The zero-order valence-corrected chi connectivity index (χ0v) is 57.2. The number of nitrogens with one attached hydrogen (secondary N) is 1. The zero-order chi connectivity index (χ0) is 64.5. The van der Waals surface area contributed by atoms with Crippen molar-refractivity contribution in [2.24, 2.45) is 0 Å². The van der Waals surface area contributed by atoms with Crippen LogP contribution in [0.15, 0.2) is 36.5 Å². The molecule has 0 aromatic carbocycles. The molecule has 12 atom stereocenters. The molecule has 2 fully saturated rings. The summed E-state index contributed by atoms with van der Waals surface area (Å²) in [6.45, 7) is 2.83. The molecule has 89 heavy (non-hydrogen) atoms. The molecule has 12 unspecified atom stereocenters. The van der Waals surface area contributed by atoms with Gasteiger partial charge in [-0.15, -0.1) is 0 Å². The molecule has 0 aliphatic carbocycles. The van der Waals surface area contributed by atoms with E-state index in [1.807, 2.05) is 6.08 Å². The number of aliphatic hydroxyl groups is 8. The van der Waals surface area contributed by atoms with Crippen molar-refractivity contribution in [1.82, 2.24) is 5.32 Å². The lowest BCUT2D eigenvalue weighted by Crippen LogP contribution is -2.65. The summed E-state index contributed by atoms with van der Waals surface area (Å²) in [5.41, 5.74) is 0. The van der Waals surface area contributed by atoms with Gasteiger partial charge in [-0.25, -0.2) is 0 Å². The minimum atomic E-state index is -1.79. The zero-order valence-electron chi connectivity index (χ0n) is 57.2. The molecular formula is C75H141NO13. The average Bonchev–Trinajstić information content (AvgIpc) is 3.63. The molecule has 9 N–H and O–H groups in total. The standard InChI is InChI=1S/C75H141NO13/c1-3-5-7-9-11-13-15-17-19-21-23-25-27-28-29-30-31-32-33-34-35-37-38-40-42-44-46-48-50-52-54-56-58-64(79)63(62-86-74-72(85)70(83)73(66(61-78)88-74)89-75-71(84)69(82)68(81)65(60-77)87-75)76-67(80)59-57-55-53-51-49-47-45-43-41-39-36-26-24-22-20-18-16-14-12-10-8-6-4-2/h22,24,48,50,56,58,63-66,68-75,77-79,81-85H,3-21,23,25-47,49,51-55,57,59-62H2,1-2H3,(H,76,80)/b24-22-,50-48+,58-56+. The van der Waals surface area contributed by atoms with Gasteiger partial charge >= 0.3 is 0 Å². The van der Waals surface area contributed by atoms with Gasteiger partial charge in [-0.1, -0.05) is 314 Å². The van der Waals surface area contributed by atoms with E-state index in [0.717, 1.165) is 32.1 Å². The van der Waals surface area contributed by atoms with Crippen LogP contribution in [0.1, 0.15) is 341 Å². The Bertz CT molecular complexity index is 1630. The molecule has 0 aromatic heterocycles. The van der Waals surface area contributed by atoms with Crippen LogP contribution in [-0.4, -0.2) is 140 Å². The SMILES string of the molecule is CCCCCCCCCC/C=C\CCCCCCCCCCCCCC(=O)NC(COC1OC(CO)C(OC2OC(CO)C(O)C(O)C2O)C(O)C1O)C(O)/C=C/CC/C=C/CCCCCCCCCCCCCCCCCCCCCCCCCCCC. The van der Waals surface area contributed by atoms with E-state index < -0.39 is 86.8 Å². The molecule has 14 nitrogen and oxygen atoms in total. The lowest BCUT2D eigenvalue weighted by molar-refractivity contribution is -0.359. The number of allylic oxidation sites excluding steroid dienone is 5. The van der Waals surface area contributed by atoms with Gasteiger partial charge in [0.25, 0.3) is 0 Å². The Morgan fingerprint density at radius 1 is 0.393 bits per heavy atom. The Hall–Kier alpha value is -1.79. The molecule has 0 bridgehead atoms. The van der Waals surface area contributed by atoms with E-state index in [0.29, 0.717) is 12.8 Å². The van der Waals surface area contributed by atoms with Crippen molar-refractivity contribution in [2.75, 3.05) is 19.8 Å². The highest BCUT2D eigenvalue weighted by atomic mass is 16.7. The second kappa shape index (κ2) is 59.9. The van der Waals surface area contributed by atoms with Gasteiger partial charge in [-0.3, -0.25) is 4.79 Å². The molecule has 2 saturated heterocycles. The normalized spacial score (nSPS) is 23.2. The second-order valence-electron chi connectivity index (χ2n) is 26.8. The van der Waals surface area contributed by atoms with Crippen LogP contribution in [0.3, 0.4) is 0 Å². The van der Waals surface area contributed by atoms with Crippen molar-refractivity contribution in [1.29, 1.82) is 0 Å². The van der Waals surface area contributed by atoms with E-state index in [1.54, 1.807) is 6.08 Å². The summed E-state index contributed by atoms with van der Waals surface area (Å²) in [5.74, 6) is -0.245. The highest BCUT2D eigenvalue weighted by Gasteiger charge is 2.51. The van der Waals surface area contributed by atoms with Gasteiger partial charge in [0.15, 0.2) is 12.6 Å². The van der Waals surface area contributed by atoms with E-state index in [9.17, 15) is 45.6 Å². The van der Waals surface area contributed by atoms with Crippen molar-refractivity contribution in [2.45, 2.75) is 415 Å². The monoisotopic (exact) mass is 1260 g/mol. The third-order valence-electron chi connectivity index (χ3n) is 18.5.